The van der Waals surface area contributed by atoms with Gasteiger partial charge < -0.3 is 18.6 Å². The highest BCUT2D eigenvalue weighted by molar-refractivity contribution is 5.95. The molecule has 0 saturated carbocycles. The van der Waals surface area contributed by atoms with E-state index in [9.17, 15) is 9.59 Å². The van der Waals surface area contributed by atoms with Gasteiger partial charge in [0.05, 0.1) is 36.8 Å². The number of aromatic nitrogens is 1. The average molecular weight is 369 g/mol. The van der Waals surface area contributed by atoms with Gasteiger partial charge in [-0.15, -0.1) is 0 Å². The van der Waals surface area contributed by atoms with E-state index < -0.39 is 11.9 Å². The maximum Gasteiger partial charge on any atom is 0.341 e. The van der Waals surface area contributed by atoms with Gasteiger partial charge in [-0.25, -0.2) is 9.59 Å². The van der Waals surface area contributed by atoms with E-state index in [-0.39, 0.29) is 24.5 Å². The van der Waals surface area contributed by atoms with Crippen molar-refractivity contribution in [2.45, 2.75) is 20.5 Å². The highest BCUT2D eigenvalue weighted by atomic mass is 16.5. The zero-order valence-corrected chi connectivity index (χ0v) is 15.3. The molecule has 0 bridgehead atoms. The van der Waals surface area contributed by atoms with Gasteiger partial charge in [0, 0.05) is 11.5 Å². The predicted octanol–water partition coefficient (Wildman–Crippen LogP) is 3.68. The van der Waals surface area contributed by atoms with Gasteiger partial charge >= 0.3 is 11.9 Å². The molecule has 0 aliphatic heterocycles. The largest absolute Gasteiger partial charge is 0.497 e. The highest BCUT2D eigenvalue weighted by Crippen LogP contribution is 2.22. The number of methoxy groups -OCH3 is 1. The second-order valence-electron chi connectivity index (χ2n) is 5.73. The average Bonchev–Trinajstić information content (AvgIpc) is 3.14. The van der Waals surface area contributed by atoms with Gasteiger partial charge in [0.2, 0.25) is 0 Å². The van der Waals surface area contributed by atoms with Crippen molar-refractivity contribution in [2.24, 2.45) is 0 Å². The fourth-order valence-electron chi connectivity index (χ4n) is 2.63. The van der Waals surface area contributed by atoms with Crippen molar-refractivity contribution in [1.29, 1.82) is 0 Å². The van der Waals surface area contributed by atoms with Gasteiger partial charge in [-0.1, -0.05) is 0 Å². The molecule has 0 aliphatic rings. The van der Waals surface area contributed by atoms with Crippen molar-refractivity contribution < 1.29 is 28.2 Å². The second-order valence-corrected chi connectivity index (χ2v) is 5.73. The first kappa shape index (κ1) is 18.4. The van der Waals surface area contributed by atoms with Crippen LogP contribution in [0.2, 0.25) is 0 Å². The number of rotatable bonds is 6. The molecule has 0 atom stereocenters. The fraction of sp³-hybridized carbons (Fsp3) is 0.250. The van der Waals surface area contributed by atoms with E-state index in [0.717, 1.165) is 10.9 Å². The third kappa shape index (κ3) is 3.92. The van der Waals surface area contributed by atoms with E-state index in [1.165, 1.54) is 12.3 Å². The lowest BCUT2D eigenvalue weighted by Crippen LogP contribution is -2.11. The minimum absolute atomic E-state index is 0.180. The zero-order chi connectivity index (χ0) is 19.4. The topological polar surface area (TPSA) is 87.9 Å². The SMILES string of the molecule is CCOC(=O)c1ccoc1COC(=O)c1cc2ccc(OC)cc2nc1C. The Morgan fingerprint density at radius 2 is 1.85 bits per heavy atom. The van der Waals surface area contributed by atoms with E-state index >= 15 is 0 Å². The number of hydrogen-bond donors (Lipinski definition) is 0. The number of aryl methyl sites for hydroxylation is 1. The van der Waals surface area contributed by atoms with Gasteiger partial charge in [-0.3, -0.25) is 4.98 Å². The molecule has 0 aliphatic carbocycles. The van der Waals surface area contributed by atoms with Crippen LogP contribution in [0.15, 0.2) is 41.0 Å². The Balaban J connectivity index is 1.78. The molecule has 2 aromatic heterocycles. The highest BCUT2D eigenvalue weighted by Gasteiger charge is 2.19. The molecule has 3 rings (SSSR count). The summed E-state index contributed by atoms with van der Waals surface area (Å²) in [4.78, 5) is 28.8. The molecule has 27 heavy (non-hydrogen) atoms. The molecule has 0 unspecified atom stereocenters. The molecule has 140 valence electrons. The number of pyridine rings is 1. The molecule has 0 N–H and O–H groups in total. The van der Waals surface area contributed by atoms with Crippen LogP contribution in [-0.2, 0) is 16.1 Å². The van der Waals surface area contributed by atoms with Crippen LogP contribution in [0.25, 0.3) is 10.9 Å². The van der Waals surface area contributed by atoms with Crippen LogP contribution >= 0.6 is 0 Å². The smallest absolute Gasteiger partial charge is 0.341 e. The third-order valence-electron chi connectivity index (χ3n) is 4.01. The lowest BCUT2D eigenvalue weighted by Gasteiger charge is -2.09. The van der Waals surface area contributed by atoms with Crippen LogP contribution in [0, 0.1) is 6.92 Å². The summed E-state index contributed by atoms with van der Waals surface area (Å²) in [7, 11) is 1.58. The molecule has 3 aromatic rings. The summed E-state index contributed by atoms with van der Waals surface area (Å²) >= 11 is 0. The van der Waals surface area contributed by atoms with Gasteiger partial charge in [0.15, 0.2) is 12.4 Å². The lowest BCUT2D eigenvalue weighted by molar-refractivity contribution is 0.0421. The summed E-state index contributed by atoms with van der Waals surface area (Å²) in [6, 6.07) is 8.61. The Morgan fingerprint density at radius 1 is 1.07 bits per heavy atom. The van der Waals surface area contributed by atoms with Gasteiger partial charge in [-0.2, -0.15) is 0 Å². The van der Waals surface area contributed by atoms with Gasteiger partial charge in [0.25, 0.3) is 0 Å². The van der Waals surface area contributed by atoms with Crippen molar-refractivity contribution in [3.8, 4) is 5.75 Å². The molecule has 2 heterocycles. The van der Waals surface area contributed by atoms with Crippen molar-refractivity contribution in [3.63, 3.8) is 0 Å². The Labute approximate surface area is 155 Å². The number of carbonyl (C=O) groups excluding carboxylic acids is 2. The first-order chi connectivity index (χ1) is 13.0. The summed E-state index contributed by atoms with van der Waals surface area (Å²) in [5, 5.41) is 0.790. The zero-order valence-electron chi connectivity index (χ0n) is 15.3. The third-order valence-corrected chi connectivity index (χ3v) is 4.01. The molecular weight excluding hydrogens is 350 g/mol. The molecule has 0 fully saturated rings. The predicted molar refractivity (Wildman–Crippen MR) is 96.8 cm³/mol. The van der Waals surface area contributed by atoms with Crippen molar-refractivity contribution in [1.82, 2.24) is 4.98 Å². The number of nitrogens with zero attached hydrogens (tertiary/aromatic N) is 1. The summed E-state index contributed by atoms with van der Waals surface area (Å²) in [5.41, 5.74) is 1.84. The monoisotopic (exact) mass is 369 g/mol. The Kier molecular flexibility index (Phi) is 5.40. The first-order valence-electron chi connectivity index (χ1n) is 8.39. The van der Waals surface area contributed by atoms with Crippen LogP contribution in [0.4, 0.5) is 0 Å². The van der Waals surface area contributed by atoms with Gasteiger partial charge in [0.1, 0.15) is 11.3 Å². The van der Waals surface area contributed by atoms with Crippen LogP contribution < -0.4 is 4.74 Å². The number of fused-ring (bicyclic) bond motifs is 1. The lowest BCUT2D eigenvalue weighted by atomic mass is 10.1. The molecule has 7 heteroatoms. The summed E-state index contributed by atoms with van der Waals surface area (Å²) in [5.74, 6) is -0.147. The molecule has 0 spiro atoms. The normalized spacial score (nSPS) is 10.6. The quantitative estimate of drug-likeness (QED) is 0.612. The molecule has 0 amide bonds. The Bertz CT molecular complexity index is 991. The van der Waals surface area contributed by atoms with E-state index in [0.29, 0.717) is 17.0 Å². The Hall–Kier alpha value is -3.35. The van der Waals surface area contributed by atoms with Crippen LogP contribution in [0.3, 0.4) is 0 Å². The van der Waals surface area contributed by atoms with E-state index in [1.54, 1.807) is 39.2 Å². The Morgan fingerprint density at radius 3 is 2.59 bits per heavy atom. The molecular formula is C20H19NO6. The van der Waals surface area contributed by atoms with Crippen LogP contribution in [0.1, 0.15) is 39.1 Å². The maximum absolute atomic E-state index is 12.5. The standard InChI is InChI=1S/C20H19NO6/c1-4-25-19(22)15-7-8-26-18(15)11-27-20(23)16-9-13-5-6-14(24-3)10-17(13)21-12(16)2/h5-10H,4,11H2,1-3H3. The van der Waals surface area contributed by atoms with Crippen molar-refractivity contribution >= 4 is 22.8 Å². The van der Waals surface area contributed by atoms with Crippen molar-refractivity contribution in [3.05, 3.63) is 59.2 Å². The van der Waals surface area contributed by atoms with Crippen molar-refractivity contribution in [2.75, 3.05) is 13.7 Å². The second kappa shape index (κ2) is 7.90. The summed E-state index contributed by atoms with van der Waals surface area (Å²) in [6.45, 7) is 3.51. The number of esters is 2. The maximum atomic E-state index is 12.5. The van der Waals surface area contributed by atoms with Crippen LogP contribution in [0.5, 0.6) is 5.75 Å². The molecule has 0 radical (unpaired) electrons. The van der Waals surface area contributed by atoms with E-state index in [1.807, 2.05) is 6.07 Å². The molecule has 7 nitrogen and oxygen atoms in total. The first-order valence-corrected chi connectivity index (χ1v) is 8.39. The molecule has 1 aromatic carbocycles. The number of benzene rings is 1. The van der Waals surface area contributed by atoms with E-state index in [2.05, 4.69) is 4.98 Å². The number of ether oxygens (including phenoxy) is 3. The minimum atomic E-state index is -0.552. The number of furan rings is 1. The summed E-state index contributed by atoms with van der Waals surface area (Å²) in [6.07, 6.45) is 1.35. The van der Waals surface area contributed by atoms with E-state index in [4.69, 9.17) is 18.6 Å². The number of hydrogen-bond acceptors (Lipinski definition) is 7. The minimum Gasteiger partial charge on any atom is -0.497 e. The van der Waals surface area contributed by atoms with Crippen LogP contribution in [-0.4, -0.2) is 30.6 Å². The fourth-order valence-corrected chi connectivity index (χ4v) is 2.63. The van der Waals surface area contributed by atoms with Gasteiger partial charge in [-0.05, 0) is 38.1 Å². The number of carbonyl (C=O) groups is 2. The molecule has 0 saturated heterocycles. The summed E-state index contributed by atoms with van der Waals surface area (Å²) < 4.78 is 20.7.